The number of nitrogens with one attached hydrogen (secondary N) is 1. The number of benzene rings is 2. The SMILES string of the molecule is CC(C)c1ccc2c(c1)[C@@H](O)C[C@H]1[C@](C)(C(=O)Oc3ccc([NH+]([O-])O)cc3)CCC[C@]21C. The van der Waals surface area contributed by atoms with Crippen LogP contribution < -0.4 is 9.96 Å². The summed E-state index contributed by atoms with van der Waals surface area (Å²) in [6, 6.07) is 12.4. The van der Waals surface area contributed by atoms with E-state index in [1.807, 2.05) is 6.92 Å². The average Bonchev–Trinajstić information content (AvgIpc) is 2.75. The summed E-state index contributed by atoms with van der Waals surface area (Å²) in [7, 11) is 0. The van der Waals surface area contributed by atoms with Gasteiger partial charge in [0.05, 0.1) is 11.5 Å². The zero-order chi connectivity index (χ0) is 23.3. The predicted octanol–water partition coefficient (Wildman–Crippen LogP) is 4.32. The number of carbonyl (C=O) groups is 1. The summed E-state index contributed by atoms with van der Waals surface area (Å²) in [5.74, 6) is 0.358. The first-order valence-corrected chi connectivity index (χ1v) is 11.4. The Hall–Kier alpha value is -2.25. The molecule has 0 radical (unpaired) electrons. The number of ether oxygens (including phenoxy) is 1. The molecule has 0 aromatic heterocycles. The summed E-state index contributed by atoms with van der Waals surface area (Å²) in [6.07, 6.45) is 2.48. The third kappa shape index (κ3) is 3.75. The fourth-order valence-electron chi connectivity index (χ4n) is 5.94. The number of carbonyl (C=O) groups excluding carboxylic acids is 1. The van der Waals surface area contributed by atoms with Gasteiger partial charge in [0, 0.05) is 12.1 Å². The van der Waals surface area contributed by atoms with Gasteiger partial charge < -0.3 is 15.1 Å². The summed E-state index contributed by atoms with van der Waals surface area (Å²) < 4.78 is 5.75. The van der Waals surface area contributed by atoms with Crippen LogP contribution in [-0.4, -0.2) is 16.3 Å². The fourth-order valence-corrected chi connectivity index (χ4v) is 5.94. The molecule has 5 atom stereocenters. The normalized spacial score (nSPS) is 30.4. The Labute approximate surface area is 189 Å². The van der Waals surface area contributed by atoms with Crippen LogP contribution in [0.3, 0.4) is 0 Å². The second-order valence-corrected chi connectivity index (χ2v) is 10.2. The molecule has 2 aromatic rings. The van der Waals surface area contributed by atoms with Gasteiger partial charge in [-0.2, -0.15) is 5.23 Å². The fraction of sp³-hybridized carbons (Fsp3) is 0.500. The van der Waals surface area contributed by atoms with E-state index in [2.05, 4.69) is 39.0 Å². The van der Waals surface area contributed by atoms with E-state index in [4.69, 9.17) is 9.94 Å². The van der Waals surface area contributed by atoms with Crippen molar-refractivity contribution < 1.29 is 25.1 Å². The minimum absolute atomic E-state index is 0.0538. The third-order valence-electron chi connectivity index (χ3n) is 7.88. The molecule has 0 aliphatic heterocycles. The van der Waals surface area contributed by atoms with Crippen LogP contribution >= 0.6 is 0 Å². The van der Waals surface area contributed by atoms with Crippen molar-refractivity contribution in [1.82, 2.24) is 0 Å². The number of fused-ring (bicyclic) bond motifs is 3. The summed E-state index contributed by atoms with van der Waals surface area (Å²) in [5, 5.41) is 30.2. The maximum atomic E-state index is 13.4. The molecule has 0 spiro atoms. The molecule has 2 aromatic carbocycles. The summed E-state index contributed by atoms with van der Waals surface area (Å²) in [4.78, 5) is 13.4. The van der Waals surface area contributed by atoms with Crippen molar-refractivity contribution >= 4 is 11.7 Å². The molecule has 2 aliphatic rings. The summed E-state index contributed by atoms with van der Waals surface area (Å²) >= 11 is 0. The van der Waals surface area contributed by atoms with Gasteiger partial charge in [0.15, 0.2) is 5.69 Å². The Morgan fingerprint density at radius 2 is 1.84 bits per heavy atom. The van der Waals surface area contributed by atoms with Gasteiger partial charge in [-0.3, -0.25) is 4.79 Å². The number of aliphatic hydroxyl groups is 1. The number of aliphatic hydroxyl groups excluding tert-OH is 1. The molecule has 172 valence electrons. The van der Waals surface area contributed by atoms with E-state index in [1.165, 1.54) is 29.8 Å². The van der Waals surface area contributed by atoms with Crippen LogP contribution in [0.25, 0.3) is 0 Å². The molecule has 0 saturated heterocycles. The lowest BCUT2D eigenvalue weighted by Crippen LogP contribution is -2.99. The second-order valence-electron chi connectivity index (χ2n) is 10.2. The van der Waals surface area contributed by atoms with Crippen molar-refractivity contribution in [3.63, 3.8) is 0 Å². The van der Waals surface area contributed by atoms with Gasteiger partial charge in [0.25, 0.3) is 0 Å². The highest BCUT2D eigenvalue weighted by molar-refractivity contribution is 5.80. The zero-order valence-corrected chi connectivity index (χ0v) is 19.2. The zero-order valence-electron chi connectivity index (χ0n) is 19.2. The minimum atomic E-state index is -1.02. The van der Waals surface area contributed by atoms with Gasteiger partial charge in [-0.25, -0.2) is 5.21 Å². The largest absolute Gasteiger partial charge is 0.595 e. The molecule has 0 amide bonds. The molecule has 2 aliphatic carbocycles. The first-order valence-electron chi connectivity index (χ1n) is 11.4. The number of rotatable bonds is 4. The molecular formula is C26H33NO5. The molecule has 6 nitrogen and oxygen atoms in total. The average molecular weight is 440 g/mol. The van der Waals surface area contributed by atoms with Crippen LogP contribution in [-0.2, 0) is 10.2 Å². The minimum Gasteiger partial charge on any atom is -0.595 e. The van der Waals surface area contributed by atoms with Crippen LogP contribution in [0.15, 0.2) is 42.5 Å². The smallest absolute Gasteiger partial charge is 0.317 e. The molecule has 1 fully saturated rings. The number of quaternary nitrogens is 1. The van der Waals surface area contributed by atoms with Gasteiger partial charge in [-0.1, -0.05) is 45.4 Å². The lowest BCUT2D eigenvalue weighted by atomic mass is 9.49. The van der Waals surface area contributed by atoms with E-state index in [0.29, 0.717) is 24.5 Å². The molecule has 32 heavy (non-hydrogen) atoms. The summed E-state index contributed by atoms with van der Waals surface area (Å²) in [5.41, 5.74) is 2.55. The Bertz CT molecular complexity index is 1000. The van der Waals surface area contributed by atoms with Gasteiger partial charge in [0.2, 0.25) is 0 Å². The molecule has 1 saturated carbocycles. The molecule has 0 heterocycles. The van der Waals surface area contributed by atoms with Crippen LogP contribution in [0.2, 0.25) is 0 Å². The number of hydrogen-bond donors (Lipinski definition) is 3. The van der Waals surface area contributed by atoms with Crippen molar-refractivity contribution in [2.75, 3.05) is 0 Å². The van der Waals surface area contributed by atoms with Crippen LogP contribution in [0.1, 0.15) is 82.1 Å². The highest BCUT2D eigenvalue weighted by atomic mass is 16.8. The molecule has 3 N–H and O–H groups in total. The lowest BCUT2D eigenvalue weighted by Gasteiger charge is -2.55. The van der Waals surface area contributed by atoms with E-state index < -0.39 is 16.7 Å². The van der Waals surface area contributed by atoms with Crippen LogP contribution in [0.4, 0.5) is 5.69 Å². The highest BCUT2D eigenvalue weighted by Crippen LogP contribution is 2.59. The van der Waals surface area contributed by atoms with E-state index in [9.17, 15) is 15.1 Å². The Morgan fingerprint density at radius 3 is 2.47 bits per heavy atom. The van der Waals surface area contributed by atoms with Crippen molar-refractivity contribution in [2.24, 2.45) is 11.3 Å². The monoisotopic (exact) mass is 439 g/mol. The van der Waals surface area contributed by atoms with Gasteiger partial charge in [0.1, 0.15) is 5.75 Å². The number of hydrogen-bond acceptors (Lipinski definition) is 5. The highest BCUT2D eigenvalue weighted by Gasteiger charge is 2.57. The van der Waals surface area contributed by atoms with E-state index >= 15 is 0 Å². The van der Waals surface area contributed by atoms with E-state index in [-0.39, 0.29) is 23.0 Å². The van der Waals surface area contributed by atoms with Gasteiger partial charge >= 0.3 is 5.97 Å². The Balaban J connectivity index is 1.65. The van der Waals surface area contributed by atoms with Crippen molar-refractivity contribution in [3.05, 3.63) is 64.4 Å². The predicted molar refractivity (Wildman–Crippen MR) is 121 cm³/mol. The molecule has 0 bridgehead atoms. The van der Waals surface area contributed by atoms with E-state index in [1.54, 1.807) is 0 Å². The van der Waals surface area contributed by atoms with Gasteiger partial charge in [-0.15, -0.1) is 0 Å². The maximum absolute atomic E-state index is 13.4. The van der Waals surface area contributed by atoms with Crippen LogP contribution in [0.5, 0.6) is 5.75 Å². The van der Waals surface area contributed by atoms with Gasteiger partial charge in [-0.05, 0) is 72.3 Å². The van der Waals surface area contributed by atoms with Crippen molar-refractivity contribution in [1.29, 1.82) is 0 Å². The van der Waals surface area contributed by atoms with Crippen molar-refractivity contribution in [2.45, 2.75) is 70.8 Å². The maximum Gasteiger partial charge on any atom is 0.317 e. The molecule has 6 heteroatoms. The lowest BCUT2D eigenvalue weighted by molar-refractivity contribution is -0.991. The second kappa shape index (κ2) is 8.27. The van der Waals surface area contributed by atoms with E-state index in [0.717, 1.165) is 24.0 Å². The topological polar surface area (TPSA) is 94.3 Å². The van der Waals surface area contributed by atoms with Crippen molar-refractivity contribution in [3.8, 4) is 5.75 Å². The molecular weight excluding hydrogens is 406 g/mol. The quantitative estimate of drug-likeness (QED) is 0.375. The molecule has 1 unspecified atom stereocenters. The van der Waals surface area contributed by atoms with Crippen LogP contribution in [0, 0.1) is 16.5 Å². The Kier molecular flexibility index (Phi) is 5.92. The standard InChI is InChI=1S/C26H33NO5/c1-16(2)17-6-11-21-20(14-17)22(28)15-23-25(21,3)12-5-13-26(23,4)24(29)32-19-9-7-18(8-10-19)27(30)31/h6-11,14,16,22-23,27-28,30H,5,12-13,15H2,1-4H3/t22-,23+,25+,26+/m0/s1. The first kappa shape index (κ1) is 22.9. The number of esters is 1. The third-order valence-corrected chi connectivity index (χ3v) is 7.88. The first-order chi connectivity index (χ1) is 15.1. The Morgan fingerprint density at radius 1 is 1.16 bits per heavy atom. The molecule has 4 rings (SSSR count). The summed E-state index contributed by atoms with van der Waals surface area (Å²) in [6.45, 7) is 8.49.